The highest BCUT2D eigenvalue weighted by molar-refractivity contribution is 5.85. The zero-order valence-electron chi connectivity index (χ0n) is 8.68. The third-order valence-electron chi connectivity index (χ3n) is 2.21. The number of rotatable bonds is 2. The second-order valence-corrected chi connectivity index (χ2v) is 3.46. The van der Waals surface area contributed by atoms with Crippen LogP contribution in [-0.4, -0.2) is 15.7 Å². The standard InChI is InChI=1S/C11H11N3O2/c1-7-6-10(12)14(13-7)9-4-2-8(3-5-9)11(15)16/h2-6H,12H2,1H3,(H,15,16)/p-1. The summed E-state index contributed by atoms with van der Waals surface area (Å²) in [5.41, 5.74) is 7.40. The number of aromatic nitrogens is 2. The maximum Gasteiger partial charge on any atom is 0.127 e. The smallest absolute Gasteiger partial charge is 0.127 e. The van der Waals surface area contributed by atoms with Crippen LogP contribution in [0.25, 0.3) is 5.69 Å². The fourth-order valence-electron chi connectivity index (χ4n) is 1.47. The molecule has 0 saturated carbocycles. The van der Waals surface area contributed by atoms with Crippen LogP contribution in [0.1, 0.15) is 16.1 Å². The predicted octanol–water partition coefficient (Wildman–Crippen LogP) is 0.126. The quantitative estimate of drug-likeness (QED) is 0.773. The third-order valence-corrected chi connectivity index (χ3v) is 2.21. The van der Waals surface area contributed by atoms with Crippen LogP contribution in [0.3, 0.4) is 0 Å². The van der Waals surface area contributed by atoms with E-state index < -0.39 is 5.97 Å². The number of hydrogen-bond acceptors (Lipinski definition) is 4. The minimum atomic E-state index is -1.20. The average molecular weight is 216 g/mol. The number of aromatic carboxylic acids is 1. The zero-order valence-corrected chi connectivity index (χ0v) is 8.68. The Morgan fingerprint density at radius 3 is 2.44 bits per heavy atom. The first-order valence-corrected chi connectivity index (χ1v) is 4.72. The maximum absolute atomic E-state index is 10.6. The molecule has 1 heterocycles. The molecular formula is C11H10N3O2-. The van der Waals surface area contributed by atoms with Gasteiger partial charge in [-0.1, -0.05) is 12.1 Å². The van der Waals surface area contributed by atoms with E-state index in [4.69, 9.17) is 5.73 Å². The number of nitrogens with zero attached hydrogens (tertiary/aromatic N) is 2. The number of carbonyl (C=O) groups excluding carboxylic acids is 1. The number of nitrogens with two attached hydrogens (primary N) is 1. The summed E-state index contributed by atoms with van der Waals surface area (Å²) in [6.07, 6.45) is 0. The molecule has 0 aliphatic heterocycles. The van der Waals surface area contributed by atoms with Gasteiger partial charge >= 0.3 is 0 Å². The van der Waals surface area contributed by atoms with Gasteiger partial charge in [0.2, 0.25) is 0 Å². The summed E-state index contributed by atoms with van der Waals surface area (Å²) in [5, 5.41) is 14.7. The van der Waals surface area contributed by atoms with E-state index in [1.54, 1.807) is 22.9 Å². The molecule has 82 valence electrons. The molecule has 0 bridgehead atoms. The summed E-state index contributed by atoms with van der Waals surface area (Å²) in [5.74, 6) is -0.685. The molecule has 2 aromatic rings. The van der Waals surface area contributed by atoms with Crippen LogP contribution >= 0.6 is 0 Å². The highest BCUT2D eigenvalue weighted by Gasteiger charge is 2.04. The van der Waals surface area contributed by atoms with Gasteiger partial charge in [0.05, 0.1) is 17.4 Å². The van der Waals surface area contributed by atoms with E-state index in [0.717, 1.165) is 11.4 Å². The van der Waals surface area contributed by atoms with Gasteiger partial charge in [-0.3, -0.25) is 0 Å². The van der Waals surface area contributed by atoms with Crippen molar-refractivity contribution in [2.24, 2.45) is 0 Å². The zero-order chi connectivity index (χ0) is 11.7. The average Bonchev–Trinajstić information content (AvgIpc) is 2.58. The molecule has 0 spiro atoms. The Labute approximate surface area is 92.1 Å². The summed E-state index contributed by atoms with van der Waals surface area (Å²) < 4.78 is 1.55. The van der Waals surface area contributed by atoms with Crippen LogP contribution < -0.4 is 10.8 Å². The minimum absolute atomic E-state index is 0.131. The lowest BCUT2D eigenvalue weighted by atomic mass is 10.2. The molecule has 0 saturated heterocycles. The Morgan fingerprint density at radius 1 is 1.38 bits per heavy atom. The monoisotopic (exact) mass is 216 g/mol. The molecule has 0 amide bonds. The number of aryl methyl sites for hydroxylation is 1. The first kappa shape index (κ1) is 10.2. The van der Waals surface area contributed by atoms with Gasteiger partial charge in [-0.2, -0.15) is 5.10 Å². The number of carboxylic acid groups (broad SMARTS) is 1. The summed E-state index contributed by atoms with van der Waals surface area (Å²) in [6, 6.07) is 7.93. The molecule has 0 atom stereocenters. The lowest BCUT2D eigenvalue weighted by Gasteiger charge is -2.06. The Kier molecular flexibility index (Phi) is 2.36. The SMILES string of the molecule is Cc1cc(N)n(-c2ccc(C(=O)[O-])cc2)n1. The molecule has 2 N–H and O–H groups in total. The van der Waals surface area contributed by atoms with Gasteiger partial charge < -0.3 is 15.6 Å². The molecule has 1 aromatic carbocycles. The minimum Gasteiger partial charge on any atom is -0.545 e. The molecule has 0 unspecified atom stereocenters. The Balaban J connectivity index is 2.42. The summed E-state index contributed by atoms with van der Waals surface area (Å²) in [7, 11) is 0. The van der Waals surface area contributed by atoms with Gasteiger partial charge in [0.15, 0.2) is 0 Å². The number of hydrogen-bond donors (Lipinski definition) is 1. The molecule has 5 heteroatoms. The molecule has 0 aliphatic carbocycles. The van der Waals surface area contributed by atoms with Crippen molar-refractivity contribution in [1.29, 1.82) is 0 Å². The van der Waals surface area contributed by atoms with Crippen LogP contribution in [0.5, 0.6) is 0 Å². The van der Waals surface area contributed by atoms with Crippen LogP contribution in [0.4, 0.5) is 5.82 Å². The van der Waals surface area contributed by atoms with Crippen molar-refractivity contribution in [3.05, 3.63) is 41.6 Å². The first-order chi connectivity index (χ1) is 7.58. The predicted molar refractivity (Wildman–Crippen MR) is 57.0 cm³/mol. The number of carboxylic acids is 1. The second-order valence-electron chi connectivity index (χ2n) is 3.46. The molecule has 16 heavy (non-hydrogen) atoms. The number of benzene rings is 1. The van der Waals surface area contributed by atoms with Crippen LogP contribution in [0, 0.1) is 6.92 Å². The Bertz CT molecular complexity index is 529. The van der Waals surface area contributed by atoms with E-state index >= 15 is 0 Å². The van der Waals surface area contributed by atoms with E-state index in [0.29, 0.717) is 5.82 Å². The summed E-state index contributed by atoms with van der Waals surface area (Å²) >= 11 is 0. The van der Waals surface area contributed by atoms with Crippen LogP contribution in [0.15, 0.2) is 30.3 Å². The van der Waals surface area contributed by atoms with Gasteiger partial charge in [-0.25, -0.2) is 4.68 Å². The topological polar surface area (TPSA) is 84.0 Å². The second kappa shape index (κ2) is 3.69. The van der Waals surface area contributed by atoms with Crippen LogP contribution in [0.2, 0.25) is 0 Å². The molecule has 2 rings (SSSR count). The number of anilines is 1. The lowest BCUT2D eigenvalue weighted by Crippen LogP contribution is -2.22. The van der Waals surface area contributed by atoms with E-state index in [-0.39, 0.29) is 5.56 Å². The molecule has 0 radical (unpaired) electrons. The fraction of sp³-hybridized carbons (Fsp3) is 0.0909. The van der Waals surface area contributed by atoms with Crippen molar-refractivity contribution in [2.75, 3.05) is 5.73 Å². The summed E-state index contributed by atoms with van der Waals surface area (Å²) in [6.45, 7) is 1.84. The van der Waals surface area contributed by atoms with Crippen molar-refractivity contribution in [3.63, 3.8) is 0 Å². The largest absolute Gasteiger partial charge is 0.545 e. The first-order valence-electron chi connectivity index (χ1n) is 4.72. The van der Waals surface area contributed by atoms with Crippen molar-refractivity contribution >= 4 is 11.8 Å². The molecule has 0 fully saturated rings. The van der Waals surface area contributed by atoms with Crippen molar-refractivity contribution in [3.8, 4) is 5.69 Å². The van der Waals surface area contributed by atoms with Gasteiger partial charge in [0.25, 0.3) is 0 Å². The summed E-state index contributed by atoms with van der Waals surface area (Å²) in [4.78, 5) is 10.6. The number of carbonyl (C=O) groups is 1. The van der Waals surface area contributed by atoms with E-state index in [1.807, 2.05) is 6.92 Å². The van der Waals surface area contributed by atoms with Gasteiger partial charge in [0.1, 0.15) is 5.82 Å². The van der Waals surface area contributed by atoms with E-state index in [2.05, 4.69) is 5.10 Å². The highest BCUT2D eigenvalue weighted by atomic mass is 16.4. The highest BCUT2D eigenvalue weighted by Crippen LogP contribution is 2.14. The van der Waals surface area contributed by atoms with Crippen molar-refractivity contribution < 1.29 is 9.90 Å². The van der Waals surface area contributed by atoms with Crippen LogP contribution in [-0.2, 0) is 0 Å². The van der Waals surface area contributed by atoms with E-state index in [9.17, 15) is 9.90 Å². The van der Waals surface area contributed by atoms with Gasteiger partial charge in [-0.05, 0) is 24.6 Å². The lowest BCUT2D eigenvalue weighted by molar-refractivity contribution is -0.255. The molecule has 0 aliphatic rings. The van der Waals surface area contributed by atoms with Crippen molar-refractivity contribution in [2.45, 2.75) is 6.92 Å². The molecule has 5 nitrogen and oxygen atoms in total. The number of nitrogen functional groups attached to an aromatic ring is 1. The third kappa shape index (κ3) is 1.75. The fourth-order valence-corrected chi connectivity index (χ4v) is 1.47. The molecular weight excluding hydrogens is 206 g/mol. The van der Waals surface area contributed by atoms with Crippen molar-refractivity contribution in [1.82, 2.24) is 9.78 Å². The van der Waals surface area contributed by atoms with Gasteiger partial charge in [-0.15, -0.1) is 0 Å². The molecule has 1 aromatic heterocycles. The van der Waals surface area contributed by atoms with E-state index in [1.165, 1.54) is 12.1 Å². The Hall–Kier alpha value is -2.30. The maximum atomic E-state index is 10.6. The van der Waals surface area contributed by atoms with Gasteiger partial charge in [0, 0.05) is 6.07 Å². The normalized spacial score (nSPS) is 10.3. The Morgan fingerprint density at radius 2 is 2.00 bits per heavy atom.